The summed E-state index contributed by atoms with van der Waals surface area (Å²) in [5, 5.41) is 10.5. The molecule has 0 saturated heterocycles. The van der Waals surface area contributed by atoms with Gasteiger partial charge in [0.25, 0.3) is 5.91 Å². The molecule has 38 heavy (non-hydrogen) atoms. The predicted octanol–water partition coefficient (Wildman–Crippen LogP) is 8.45. The fraction of sp³-hybridized carbons (Fsp3) is 0.0645. The zero-order valence-electron chi connectivity index (χ0n) is 20.4. The van der Waals surface area contributed by atoms with Gasteiger partial charge in [-0.2, -0.15) is 0 Å². The van der Waals surface area contributed by atoms with Gasteiger partial charge in [0.2, 0.25) is 0 Å². The number of likely N-dealkylation sites (N-methyl/N-ethyl adjacent to an activating group) is 1. The molecule has 0 spiro atoms. The van der Waals surface area contributed by atoms with Crippen LogP contribution in [0.5, 0.6) is 0 Å². The van der Waals surface area contributed by atoms with Gasteiger partial charge < -0.3 is 4.90 Å². The monoisotopic (exact) mass is 601 g/mol. The number of allylic oxidation sites excluding steroid dienone is 1. The Labute approximate surface area is 240 Å². The number of rotatable bonds is 6. The van der Waals surface area contributed by atoms with E-state index in [4.69, 9.17) is 23.2 Å². The summed E-state index contributed by atoms with van der Waals surface area (Å²) in [5.74, 6) is -0.170. The Morgan fingerprint density at radius 2 is 1.45 bits per heavy atom. The van der Waals surface area contributed by atoms with Crippen LogP contribution in [-0.2, 0) is 4.79 Å². The van der Waals surface area contributed by atoms with Crippen molar-refractivity contribution in [2.45, 2.75) is 6.92 Å². The first kappa shape index (κ1) is 26.1. The van der Waals surface area contributed by atoms with E-state index in [0.29, 0.717) is 28.0 Å². The molecule has 1 aliphatic rings. The van der Waals surface area contributed by atoms with Crippen LogP contribution < -0.4 is 4.90 Å². The van der Waals surface area contributed by atoms with E-state index in [-0.39, 0.29) is 5.91 Å². The smallest absolute Gasteiger partial charge is 0.279 e. The van der Waals surface area contributed by atoms with Crippen LogP contribution in [0, 0.1) is 0 Å². The molecule has 0 aromatic heterocycles. The number of anilines is 1. The second-order valence-electron chi connectivity index (χ2n) is 8.58. The Balaban J connectivity index is 1.69. The minimum absolute atomic E-state index is 0.170. The Hall–Kier alpha value is -3.51. The molecule has 4 nitrogen and oxygen atoms in total. The lowest BCUT2D eigenvalue weighted by Crippen LogP contribution is -2.29. The molecule has 1 heterocycles. The van der Waals surface area contributed by atoms with E-state index in [9.17, 15) is 4.79 Å². The molecule has 0 bridgehead atoms. The van der Waals surface area contributed by atoms with E-state index in [2.05, 4.69) is 26.1 Å². The maximum absolute atomic E-state index is 13.3. The lowest BCUT2D eigenvalue weighted by Gasteiger charge is -2.13. The summed E-state index contributed by atoms with van der Waals surface area (Å²) in [4.78, 5) is 15.0. The average molecular weight is 603 g/mol. The second-order valence-corrected chi connectivity index (χ2v) is 10.4. The maximum atomic E-state index is 13.3. The fourth-order valence-electron chi connectivity index (χ4n) is 4.31. The molecule has 0 atom stereocenters. The zero-order chi connectivity index (χ0) is 26.6. The van der Waals surface area contributed by atoms with Gasteiger partial charge in [-0.25, -0.2) is 0 Å². The Bertz CT molecular complexity index is 1530. The summed E-state index contributed by atoms with van der Waals surface area (Å²) >= 11 is 15.9. The van der Waals surface area contributed by atoms with Gasteiger partial charge in [-0.15, -0.1) is 10.2 Å². The standard InChI is InChI=1S/C31H22BrCl2N3O/c1-2-37-29-17-12-23(32)18-27(29)30(31(37)38)36-35-28(22-6-4-3-5-7-22)19-26(20-8-13-24(33)14-9-20)21-10-15-25(34)16-11-21/h3-19H,2H2,1H3/b35-28-,36-30-. The number of hydrogen-bond donors (Lipinski definition) is 0. The van der Waals surface area contributed by atoms with Crippen LogP contribution >= 0.6 is 39.1 Å². The second kappa shape index (κ2) is 11.5. The minimum Gasteiger partial charge on any atom is -0.307 e. The number of nitrogens with zero attached hydrogens (tertiary/aromatic N) is 3. The Kier molecular flexibility index (Phi) is 7.89. The minimum atomic E-state index is -0.170. The van der Waals surface area contributed by atoms with Gasteiger partial charge in [0.1, 0.15) is 0 Å². The summed E-state index contributed by atoms with van der Waals surface area (Å²) in [5.41, 5.74) is 6.19. The molecule has 4 aromatic carbocycles. The maximum Gasteiger partial charge on any atom is 0.279 e. The third-order valence-corrected chi connectivity index (χ3v) is 7.18. The summed E-state index contributed by atoms with van der Waals surface area (Å²) in [7, 11) is 0. The van der Waals surface area contributed by atoms with Crippen LogP contribution in [0.2, 0.25) is 10.0 Å². The van der Waals surface area contributed by atoms with E-state index in [1.165, 1.54) is 0 Å². The first-order valence-corrected chi connectivity index (χ1v) is 13.6. The normalized spacial score (nSPS) is 14.1. The number of carbonyl (C=O) groups excluding carboxylic acids is 1. The summed E-state index contributed by atoms with van der Waals surface area (Å²) in [6, 6.07) is 30.8. The highest BCUT2D eigenvalue weighted by molar-refractivity contribution is 9.10. The number of hydrogen-bond acceptors (Lipinski definition) is 3. The summed E-state index contributed by atoms with van der Waals surface area (Å²) in [6.45, 7) is 2.48. The van der Waals surface area contributed by atoms with Crippen LogP contribution in [-0.4, -0.2) is 23.9 Å². The molecule has 0 aliphatic carbocycles. The van der Waals surface area contributed by atoms with Crippen LogP contribution in [0.4, 0.5) is 5.69 Å². The van der Waals surface area contributed by atoms with Crippen molar-refractivity contribution in [3.8, 4) is 0 Å². The number of fused-ring (bicyclic) bond motifs is 1. The Morgan fingerprint density at radius 3 is 2.03 bits per heavy atom. The molecule has 5 rings (SSSR count). The molecule has 1 amide bonds. The van der Waals surface area contributed by atoms with Gasteiger partial charge >= 0.3 is 0 Å². The van der Waals surface area contributed by atoms with Crippen molar-refractivity contribution in [1.29, 1.82) is 0 Å². The molecule has 0 unspecified atom stereocenters. The lowest BCUT2D eigenvalue weighted by molar-refractivity contribution is -0.112. The van der Waals surface area contributed by atoms with Crippen molar-refractivity contribution in [3.63, 3.8) is 0 Å². The molecule has 0 radical (unpaired) electrons. The average Bonchev–Trinajstić information content (AvgIpc) is 3.20. The molecular weight excluding hydrogens is 581 g/mol. The molecule has 0 fully saturated rings. The van der Waals surface area contributed by atoms with E-state index in [1.54, 1.807) is 4.90 Å². The van der Waals surface area contributed by atoms with E-state index in [0.717, 1.165) is 38.0 Å². The first-order valence-electron chi connectivity index (χ1n) is 12.0. The lowest BCUT2D eigenvalue weighted by atomic mass is 9.95. The van der Waals surface area contributed by atoms with Crippen LogP contribution in [0.25, 0.3) is 5.57 Å². The van der Waals surface area contributed by atoms with Crippen LogP contribution in [0.15, 0.2) is 118 Å². The summed E-state index contributed by atoms with van der Waals surface area (Å²) in [6.07, 6.45) is 1.98. The SMILES string of the molecule is CCN1C(=O)/C(=N\N=C(\C=C(c2ccc(Cl)cc2)c2ccc(Cl)cc2)c2ccccc2)c2cc(Br)ccc21. The molecule has 188 valence electrons. The highest BCUT2D eigenvalue weighted by Crippen LogP contribution is 2.32. The van der Waals surface area contributed by atoms with Crippen molar-refractivity contribution >= 4 is 67.7 Å². The first-order chi connectivity index (χ1) is 18.4. The van der Waals surface area contributed by atoms with E-state index < -0.39 is 0 Å². The van der Waals surface area contributed by atoms with Gasteiger partial charge in [0, 0.05) is 32.2 Å². The zero-order valence-corrected chi connectivity index (χ0v) is 23.5. The largest absolute Gasteiger partial charge is 0.307 e. The van der Waals surface area contributed by atoms with Crippen molar-refractivity contribution in [2.75, 3.05) is 11.4 Å². The van der Waals surface area contributed by atoms with Crippen molar-refractivity contribution in [2.24, 2.45) is 10.2 Å². The summed E-state index contributed by atoms with van der Waals surface area (Å²) < 4.78 is 0.870. The van der Waals surface area contributed by atoms with E-state index in [1.807, 2.05) is 110 Å². The molecular formula is C31H22BrCl2N3O. The fourth-order valence-corrected chi connectivity index (χ4v) is 4.92. The number of benzene rings is 4. The number of amides is 1. The van der Waals surface area contributed by atoms with Gasteiger partial charge in [-0.1, -0.05) is 93.7 Å². The quantitative estimate of drug-likeness (QED) is 0.161. The van der Waals surface area contributed by atoms with Crippen molar-refractivity contribution in [3.05, 3.63) is 140 Å². The van der Waals surface area contributed by atoms with Crippen LogP contribution in [0.3, 0.4) is 0 Å². The van der Waals surface area contributed by atoms with Gasteiger partial charge in [-0.05, 0) is 72.2 Å². The molecule has 1 aliphatic heterocycles. The van der Waals surface area contributed by atoms with Gasteiger partial charge in [0.05, 0.1) is 11.4 Å². The molecule has 4 aromatic rings. The predicted molar refractivity (Wildman–Crippen MR) is 162 cm³/mol. The van der Waals surface area contributed by atoms with Crippen molar-refractivity contribution in [1.82, 2.24) is 0 Å². The highest BCUT2D eigenvalue weighted by atomic mass is 79.9. The molecule has 7 heteroatoms. The topological polar surface area (TPSA) is 45.0 Å². The molecule has 0 saturated carbocycles. The van der Waals surface area contributed by atoms with Crippen molar-refractivity contribution < 1.29 is 4.79 Å². The number of carbonyl (C=O) groups is 1. The van der Waals surface area contributed by atoms with Gasteiger partial charge in [-0.3, -0.25) is 4.79 Å². The van der Waals surface area contributed by atoms with Gasteiger partial charge in [0.15, 0.2) is 5.71 Å². The third kappa shape index (κ3) is 5.51. The Morgan fingerprint density at radius 1 is 0.842 bits per heavy atom. The molecule has 0 N–H and O–H groups in total. The van der Waals surface area contributed by atoms with Crippen LogP contribution in [0.1, 0.15) is 29.2 Å². The highest BCUT2D eigenvalue weighted by Gasteiger charge is 2.33. The number of halogens is 3. The van der Waals surface area contributed by atoms with E-state index >= 15 is 0 Å². The third-order valence-electron chi connectivity index (χ3n) is 6.19.